The van der Waals surface area contributed by atoms with Gasteiger partial charge in [0, 0.05) is 12.1 Å². The van der Waals surface area contributed by atoms with Crippen molar-refractivity contribution >= 4 is 11.0 Å². The van der Waals surface area contributed by atoms with Crippen LogP contribution in [0.2, 0.25) is 0 Å². The molecule has 0 aliphatic carbocycles. The lowest BCUT2D eigenvalue weighted by molar-refractivity contribution is -0.680. The van der Waals surface area contributed by atoms with Crippen molar-refractivity contribution in [1.29, 1.82) is 0 Å². The summed E-state index contributed by atoms with van der Waals surface area (Å²) in [5, 5.41) is 0. The minimum Gasteiger partial charge on any atom is -0.220 e. The Bertz CT molecular complexity index is 687. The van der Waals surface area contributed by atoms with E-state index in [1.165, 1.54) is 22.6 Å². The fourth-order valence-electron chi connectivity index (χ4n) is 2.58. The normalized spacial score (nSPS) is 11.1. The summed E-state index contributed by atoms with van der Waals surface area (Å²) in [6, 6.07) is 14.7. The third-order valence-corrected chi connectivity index (χ3v) is 3.52. The van der Waals surface area contributed by atoms with E-state index in [4.69, 9.17) is 0 Å². The van der Waals surface area contributed by atoms with E-state index in [2.05, 4.69) is 77.4 Å². The van der Waals surface area contributed by atoms with E-state index in [0.29, 0.717) is 0 Å². The van der Waals surface area contributed by atoms with Crippen molar-refractivity contribution in [1.82, 2.24) is 4.57 Å². The third-order valence-electron chi connectivity index (χ3n) is 3.52. The van der Waals surface area contributed by atoms with E-state index in [1.807, 2.05) is 6.07 Å². The minimum atomic E-state index is 1.21. The Balaban J connectivity index is 2.40. The minimum absolute atomic E-state index is 1.21. The fraction of sp³-hybridized carbons (Fsp3) is 0.200. The summed E-state index contributed by atoms with van der Waals surface area (Å²) in [6.45, 7) is 0. The molecule has 3 rings (SSSR count). The summed E-state index contributed by atoms with van der Waals surface area (Å²) >= 11 is 0. The Morgan fingerprint density at radius 2 is 1.67 bits per heavy atom. The number of para-hydroxylation sites is 2. The van der Waals surface area contributed by atoms with Crippen LogP contribution in [0.3, 0.4) is 0 Å². The number of aryl methyl sites for hydroxylation is 3. The largest absolute Gasteiger partial charge is 0.355 e. The van der Waals surface area contributed by atoms with E-state index < -0.39 is 0 Å². The van der Waals surface area contributed by atoms with Crippen molar-refractivity contribution in [2.24, 2.45) is 21.1 Å². The first-order valence-corrected chi connectivity index (χ1v) is 6.08. The molecule has 0 spiro atoms. The second-order valence-corrected chi connectivity index (χ2v) is 4.63. The van der Waals surface area contributed by atoms with E-state index >= 15 is 0 Å². The Hall–Kier alpha value is -2.16. The van der Waals surface area contributed by atoms with Crippen LogP contribution >= 0.6 is 0 Å². The Labute approximate surface area is 107 Å². The van der Waals surface area contributed by atoms with Crippen molar-refractivity contribution in [2.45, 2.75) is 0 Å². The highest BCUT2D eigenvalue weighted by Crippen LogP contribution is 2.18. The number of hydrogen-bond donors (Lipinski definition) is 0. The van der Waals surface area contributed by atoms with Crippen LogP contribution < -0.4 is 9.13 Å². The summed E-state index contributed by atoms with van der Waals surface area (Å²) in [5.41, 5.74) is 3.71. The van der Waals surface area contributed by atoms with Crippen LogP contribution in [-0.4, -0.2) is 4.57 Å². The smallest absolute Gasteiger partial charge is 0.220 e. The van der Waals surface area contributed by atoms with Crippen molar-refractivity contribution in [3.8, 4) is 11.5 Å². The zero-order valence-electron chi connectivity index (χ0n) is 11.0. The van der Waals surface area contributed by atoms with Gasteiger partial charge in [0.25, 0.3) is 5.69 Å². The number of benzene rings is 1. The van der Waals surface area contributed by atoms with Gasteiger partial charge >= 0.3 is 5.82 Å². The standard InChI is InChI=1S/C15H17N3/c1-16-11-7-6-10-14(16)15-17(2)12-8-4-5-9-13(12)18(15)3/h4-11H,1-3H3/q+2. The number of imidazole rings is 1. The van der Waals surface area contributed by atoms with E-state index in [1.54, 1.807) is 0 Å². The summed E-state index contributed by atoms with van der Waals surface area (Å²) in [6.07, 6.45) is 2.08. The zero-order chi connectivity index (χ0) is 12.7. The van der Waals surface area contributed by atoms with Crippen molar-refractivity contribution < 1.29 is 9.13 Å². The second kappa shape index (κ2) is 3.95. The fourth-order valence-corrected chi connectivity index (χ4v) is 2.58. The van der Waals surface area contributed by atoms with Gasteiger partial charge in [-0.05, 0) is 18.2 Å². The molecule has 0 saturated carbocycles. The molecule has 0 N–H and O–H groups in total. The van der Waals surface area contributed by atoms with Gasteiger partial charge in [0.15, 0.2) is 17.2 Å². The lowest BCUT2D eigenvalue weighted by Crippen LogP contribution is -2.38. The molecule has 2 heterocycles. The van der Waals surface area contributed by atoms with Crippen LogP contribution in [0.4, 0.5) is 0 Å². The van der Waals surface area contributed by atoms with Crippen LogP contribution in [0.5, 0.6) is 0 Å². The third kappa shape index (κ3) is 1.44. The first-order chi connectivity index (χ1) is 8.70. The second-order valence-electron chi connectivity index (χ2n) is 4.63. The number of hydrogen-bond acceptors (Lipinski definition) is 0. The van der Waals surface area contributed by atoms with Gasteiger partial charge in [0.2, 0.25) is 0 Å². The maximum atomic E-state index is 2.24. The topological polar surface area (TPSA) is 12.7 Å². The van der Waals surface area contributed by atoms with Gasteiger partial charge in [-0.2, -0.15) is 4.57 Å². The molecule has 0 saturated heterocycles. The number of fused-ring (bicyclic) bond motifs is 1. The molecule has 3 aromatic rings. The number of aromatic nitrogens is 3. The molecular formula is C15H17N3+2. The molecular weight excluding hydrogens is 222 g/mol. The van der Waals surface area contributed by atoms with E-state index in [-0.39, 0.29) is 0 Å². The van der Waals surface area contributed by atoms with Crippen LogP contribution in [-0.2, 0) is 21.1 Å². The van der Waals surface area contributed by atoms with Gasteiger partial charge in [0.1, 0.15) is 7.05 Å². The van der Waals surface area contributed by atoms with Crippen LogP contribution in [0, 0.1) is 0 Å². The Morgan fingerprint density at radius 3 is 2.39 bits per heavy atom. The molecule has 0 atom stereocenters. The zero-order valence-corrected chi connectivity index (χ0v) is 11.0. The number of pyridine rings is 1. The van der Waals surface area contributed by atoms with Crippen molar-refractivity contribution in [3.63, 3.8) is 0 Å². The number of rotatable bonds is 1. The summed E-state index contributed by atoms with van der Waals surface area (Å²) < 4.78 is 6.63. The molecule has 0 unspecified atom stereocenters. The van der Waals surface area contributed by atoms with Crippen molar-refractivity contribution in [3.05, 3.63) is 48.7 Å². The highest BCUT2D eigenvalue weighted by atomic mass is 15.2. The average molecular weight is 239 g/mol. The maximum Gasteiger partial charge on any atom is 0.355 e. The molecule has 0 aliphatic heterocycles. The van der Waals surface area contributed by atoms with Crippen LogP contribution in [0.25, 0.3) is 22.6 Å². The Kier molecular flexibility index (Phi) is 2.40. The highest BCUT2D eigenvalue weighted by molar-refractivity contribution is 5.74. The monoisotopic (exact) mass is 239 g/mol. The molecule has 3 nitrogen and oxygen atoms in total. The average Bonchev–Trinajstić information content (AvgIpc) is 2.64. The van der Waals surface area contributed by atoms with E-state index in [9.17, 15) is 0 Å². The summed E-state index contributed by atoms with van der Waals surface area (Å²) in [7, 11) is 6.31. The molecule has 0 radical (unpaired) electrons. The first kappa shape index (κ1) is 11.0. The van der Waals surface area contributed by atoms with E-state index in [0.717, 1.165) is 0 Å². The highest BCUT2D eigenvalue weighted by Gasteiger charge is 2.27. The molecule has 2 aromatic heterocycles. The molecule has 90 valence electrons. The summed E-state index contributed by atoms with van der Waals surface area (Å²) in [4.78, 5) is 0. The SMILES string of the molecule is Cn1c(-c2cccc[n+]2C)[n+](C)c2ccccc21. The molecule has 0 amide bonds. The lowest BCUT2D eigenvalue weighted by Gasteiger charge is -1.97. The molecule has 1 aromatic carbocycles. The first-order valence-electron chi connectivity index (χ1n) is 6.08. The van der Waals surface area contributed by atoms with Gasteiger partial charge < -0.3 is 0 Å². The van der Waals surface area contributed by atoms with Crippen LogP contribution in [0.15, 0.2) is 48.7 Å². The molecule has 18 heavy (non-hydrogen) atoms. The lowest BCUT2D eigenvalue weighted by atomic mass is 10.3. The predicted octanol–water partition coefficient (Wildman–Crippen LogP) is 1.49. The van der Waals surface area contributed by atoms with Crippen molar-refractivity contribution in [2.75, 3.05) is 0 Å². The van der Waals surface area contributed by atoms with Gasteiger partial charge in [0.05, 0.1) is 14.1 Å². The number of nitrogens with zero attached hydrogens (tertiary/aromatic N) is 3. The predicted molar refractivity (Wildman–Crippen MR) is 70.7 cm³/mol. The van der Waals surface area contributed by atoms with Gasteiger partial charge in [-0.25, -0.2) is 9.13 Å². The quantitative estimate of drug-likeness (QED) is 0.571. The van der Waals surface area contributed by atoms with Gasteiger partial charge in [-0.3, -0.25) is 0 Å². The van der Waals surface area contributed by atoms with Gasteiger partial charge in [-0.15, -0.1) is 0 Å². The molecule has 0 aliphatic rings. The summed E-state index contributed by atoms with van der Waals surface area (Å²) in [5.74, 6) is 1.21. The van der Waals surface area contributed by atoms with Gasteiger partial charge in [-0.1, -0.05) is 12.1 Å². The maximum absolute atomic E-state index is 2.24. The van der Waals surface area contributed by atoms with Crippen LogP contribution in [0.1, 0.15) is 0 Å². The molecule has 0 bridgehead atoms. The Morgan fingerprint density at radius 1 is 0.944 bits per heavy atom. The molecule has 0 fully saturated rings. The molecule has 3 heteroatoms.